The topological polar surface area (TPSA) is 25.8 Å². The van der Waals surface area contributed by atoms with Gasteiger partial charge in [-0.25, -0.2) is 9.97 Å². The average Bonchev–Trinajstić information content (AvgIpc) is 2.56. The normalized spacial score (nSPS) is 32.8. The number of hydrogen-bond acceptors (Lipinski definition) is 2. The second kappa shape index (κ2) is 7.57. The number of hydrogen-bond donors (Lipinski definition) is 0. The Bertz CT molecular complexity index is 437. The summed E-state index contributed by atoms with van der Waals surface area (Å²) in [6, 6.07) is 0. The summed E-state index contributed by atoms with van der Waals surface area (Å²) in [5.41, 5.74) is 1.38. The molecule has 0 amide bonds. The highest BCUT2D eigenvalue weighted by Crippen LogP contribution is 2.35. The van der Waals surface area contributed by atoms with Gasteiger partial charge in [-0.1, -0.05) is 52.4 Å². The summed E-state index contributed by atoms with van der Waals surface area (Å²) in [6.07, 6.45) is 17.6. The number of aryl methyl sites for hydroxylation is 1. The summed E-state index contributed by atoms with van der Waals surface area (Å²) in [5, 5.41) is 0. The number of rotatable bonds is 4. The Kier molecular flexibility index (Phi) is 5.49. The molecule has 122 valence electrons. The van der Waals surface area contributed by atoms with E-state index in [4.69, 9.17) is 0 Å². The molecule has 0 atom stereocenters. The van der Waals surface area contributed by atoms with E-state index in [0.717, 1.165) is 30.0 Å². The van der Waals surface area contributed by atoms with Gasteiger partial charge in [-0.2, -0.15) is 0 Å². The second-order valence-corrected chi connectivity index (χ2v) is 8.05. The quantitative estimate of drug-likeness (QED) is 0.730. The molecule has 3 rings (SSSR count). The minimum absolute atomic E-state index is 0.713. The van der Waals surface area contributed by atoms with Crippen molar-refractivity contribution in [3.8, 4) is 0 Å². The summed E-state index contributed by atoms with van der Waals surface area (Å²) in [5.74, 6) is 4.55. The molecule has 0 bridgehead atoms. The van der Waals surface area contributed by atoms with Gasteiger partial charge < -0.3 is 0 Å². The predicted octanol–water partition coefficient (Wildman–Crippen LogP) is 5.53. The van der Waals surface area contributed by atoms with Gasteiger partial charge in [0.2, 0.25) is 0 Å². The molecule has 2 heteroatoms. The zero-order valence-corrected chi connectivity index (χ0v) is 14.4. The summed E-state index contributed by atoms with van der Waals surface area (Å²) in [7, 11) is 0. The Morgan fingerprint density at radius 1 is 0.818 bits per heavy atom. The van der Waals surface area contributed by atoms with Crippen LogP contribution in [0.5, 0.6) is 0 Å². The van der Waals surface area contributed by atoms with Gasteiger partial charge in [0.1, 0.15) is 5.82 Å². The molecule has 1 aromatic heterocycles. The van der Waals surface area contributed by atoms with E-state index in [0.29, 0.717) is 5.92 Å². The molecule has 1 heterocycles. The Hall–Kier alpha value is -0.920. The lowest BCUT2D eigenvalue weighted by atomic mass is 9.80. The summed E-state index contributed by atoms with van der Waals surface area (Å²) < 4.78 is 0. The highest BCUT2D eigenvalue weighted by atomic mass is 14.9. The second-order valence-electron chi connectivity index (χ2n) is 8.05. The van der Waals surface area contributed by atoms with Crippen LogP contribution in [-0.2, 0) is 6.42 Å². The third-order valence-corrected chi connectivity index (χ3v) is 6.12. The van der Waals surface area contributed by atoms with Gasteiger partial charge in [0.25, 0.3) is 0 Å². The Labute approximate surface area is 136 Å². The molecule has 0 aromatic carbocycles. The van der Waals surface area contributed by atoms with Gasteiger partial charge in [-0.15, -0.1) is 0 Å². The highest BCUT2D eigenvalue weighted by molar-refractivity contribution is 5.12. The van der Waals surface area contributed by atoms with Gasteiger partial charge in [-0.05, 0) is 48.5 Å². The van der Waals surface area contributed by atoms with E-state index in [1.807, 2.05) is 0 Å². The Morgan fingerprint density at radius 2 is 1.36 bits per heavy atom. The number of nitrogens with zero attached hydrogens (tertiary/aromatic N) is 2. The first kappa shape index (κ1) is 16.0. The van der Waals surface area contributed by atoms with Crippen LogP contribution in [0.2, 0.25) is 0 Å². The lowest BCUT2D eigenvalue weighted by Gasteiger charge is -2.26. The highest BCUT2D eigenvalue weighted by Gasteiger charge is 2.21. The molecular formula is C20H32N2. The Balaban J connectivity index is 1.47. The van der Waals surface area contributed by atoms with Crippen molar-refractivity contribution in [1.82, 2.24) is 9.97 Å². The molecule has 0 N–H and O–H groups in total. The third-order valence-electron chi connectivity index (χ3n) is 6.12. The first-order chi connectivity index (χ1) is 10.7. The van der Waals surface area contributed by atoms with Gasteiger partial charge in [-0.3, -0.25) is 0 Å². The van der Waals surface area contributed by atoms with Crippen molar-refractivity contribution in [2.24, 2.45) is 17.8 Å². The van der Waals surface area contributed by atoms with E-state index in [9.17, 15) is 0 Å². The van der Waals surface area contributed by atoms with Gasteiger partial charge >= 0.3 is 0 Å². The summed E-state index contributed by atoms with van der Waals surface area (Å²) in [6.45, 7) is 4.77. The SMILES string of the molecule is CC1CCC(CCc2ncc(C3CCC(C)CC3)cn2)CC1. The first-order valence-corrected chi connectivity index (χ1v) is 9.51. The molecule has 2 aliphatic rings. The molecule has 0 radical (unpaired) electrons. The van der Waals surface area contributed by atoms with Crippen molar-refractivity contribution in [3.05, 3.63) is 23.8 Å². The minimum Gasteiger partial charge on any atom is -0.241 e. The zero-order valence-electron chi connectivity index (χ0n) is 14.4. The summed E-state index contributed by atoms with van der Waals surface area (Å²) in [4.78, 5) is 9.32. The van der Waals surface area contributed by atoms with Crippen LogP contribution in [0.15, 0.2) is 12.4 Å². The molecule has 22 heavy (non-hydrogen) atoms. The van der Waals surface area contributed by atoms with Crippen LogP contribution in [0.25, 0.3) is 0 Å². The molecule has 1 aromatic rings. The molecule has 2 nitrogen and oxygen atoms in total. The molecule has 0 aliphatic heterocycles. The van der Waals surface area contributed by atoms with E-state index >= 15 is 0 Å². The number of aromatic nitrogens is 2. The lowest BCUT2D eigenvalue weighted by molar-refractivity contribution is 0.276. The van der Waals surface area contributed by atoms with Crippen LogP contribution < -0.4 is 0 Å². The Morgan fingerprint density at radius 3 is 1.95 bits per heavy atom. The molecular weight excluding hydrogens is 268 g/mol. The fourth-order valence-corrected chi connectivity index (χ4v) is 4.25. The third kappa shape index (κ3) is 4.30. The van der Waals surface area contributed by atoms with Gasteiger partial charge in [0.05, 0.1) is 0 Å². The van der Waals surface area contributed by atoms with E-state index in [1.165, 1.54) is 63.4 Å². The summed E-state index contributed by atoms with van der Waals surface area (Å²) >= 11 is 0. The van der Waals surface area contributed by atoms with E-state index in [1.54, 1.807) is 0 Å². The first-order valence-electron chi connectivity index (χ1n) is 9.51. The van der Waals surface area contributed by atoms with Gasteiger partial charge in [0.15, 0.2) is 0 Å². The van der Waals surface area contributed by atoms with Crippen molar-refractivity contribution >= 4 is 0 Å². The fraction of sp³-hybridized carbons (Fsp3) is 0.800. The maximum Gasteiger partial charge on any atom is 0.128 e. The van der Waals surface area contributed by atoms with E-state index < -0.39 is 0 Å². The van der Waals surface area contributed by atoms with Crippen molar-refractivity contribution in [2.75, 3.05) is 0 Å². The largest absolute Gasteiger partial charge is 0.241 e. The molecule has 0 unspecified atom stereocenters. The van der Waals surface area contributed by atoms with E-state index in [2.05, 4.69) is 36.2 Å². The predicted molar refractivity (Wildman–Crippen MR) is 91.8 cm³/mol. The molecule has 0 spiro atoms. The van der Waals surface area contributed by atoms with Crippen molar-refractivity contribution in [2.45, 2.75) is 84.0 Å². The monoisotopic (exact) mass is 300 g/mol. The molecule has 0 saturated heterocycles. The van der Waals surface area contributed by atoms with Crippen LogP contribution in [0.1, 0.15) is 88.9 Å². The molecule has 2 aliphatic carbocycles. The minimum atomic E-state index is 0.713. The smallest absolute Gasteiger partial charge is 0.128 e. The molecule has 2 saturated carbocycles. The zero-order chi connectivity index (χ0) is 15.4. The van der Waals surface area contributed by atoms with Crippen LogP contribution in [0.3, 0.4) is 0 Å². The van der Waals surface area contributed by atoms with Crippen LogP contribution in [0, 0.1) is 17.8 Å². The van der Waals surface area contributed by atoms with Crippen molar-refractivity contribution < 1.29 is 0 Å². The van der Waals surface area contributed by atoms with Crippen molar-refractivity contribution in [3.63, 3.8) is 0 Å². The van der Waals surface area contributed by atoms with Crippen molar-refractivity contribution in [1.29, 1.82) is 0 Å². The van der Waals surface area contributed by atoms with Gasteiger partial charge in [0, 0.05) is 18.8 Å². The fourth-order valence-electron chi connectivity index (χ4n) is 4.25. The molecule has 2 fully saturated rings. The van der Waals surface area contributed by atoms with E-state index in [-0.39, 0.29) is 0 Å². The lowest BCUT2D eigenvalue weighted by Crippen LogP contribution is -2.14. The maximum absolute atomic E-state index is 4.66. The van der Waals surface area contributed by atoms with Crippen LogP contribution >= 0.6 is 0 Å². The standard InChI is InChI=1S/C20H32N2/c1-15-3-7-17(8-4-15)9-12-20-21-13-19(14-22-20)18-10-5-16(2)6-11-18/h13-18H,3-12H2,1-2H3. The van der Waals surface area contributed by atoms with Crippen LogP contribution in [-0.4, -0.2) is 9.97 Å². The average molecular weight is 300 g/mol. The maximum atomic E-state index is 4.66. The van der Waals surface area contributed by atoms with Crippen LogP contribution in [0.4, 0.5) is 0 Å².